The minimum atomic E-state index is -3.50. The summed E-state index contributed by atoms with van der Waals surface area (Å²) in [6.07, 6.45) is 2.57. The van der Waals surface area contributed by atoms with Gasteiger partial charge in [-0.25, -0.2) is 13.1 Å². The number of nitrogens with one attached hydrogen (secondary N) is 1. The van der Waals surface area contributed by atoms with Gasteiger partial charge in [-0.2, -0.15) is 0 Å². The highest BCUT2D eigenvalue weighted by Crippen LogP contribution is 2.24. The number of nitrogens with two attached hydrogens (primary N) is 1. The Labute approximate surface area is 127 Å². The smallest absolute Gasteiger partial charge is 0.242 e. The third kappa shape index (κ3) is 3.87. The molecule has 118 valence electrons. The fourth-order valence-corrected chi connectivity index (χ4v) is 3.39. The Kier molecular flexibility index (Phi) is 5.08. The number of benzene rings is 1. The van der Waals surface area contributed by atoms with Gasteiger partial charge in [-0.15, -0.1) is 0 Å². The lowest BCUT2D eigenvalue weighted by Crippen LogP contribution is -2.31. The molecule has 7 heteroatoms. The summed E-state index contributed by atoms with van der Waals surface area (Å²) in [7, 11) is -0.122. The second kappa shape index (κ2) is 6.64. The van der Waals surface area contributed by atoms with Crippen LogP contribution in [0.5, 0.6) is 0 Å². The number of nitrogens with zero attached hydrogens (tertiary/aromatic N) is 2. The molecule has 0 amide bonds. The molecule has 2 rings (SSSR count). The van der Waals surface area contributed by atoms with Crippen LogP contribution >= 0.6 is 0 Å². The van der Waals surface area contributed by atoms with Crippen LogP contribution in [0.3, 0.4) is 0 Å². The van der Waals surface area contributed by atoms with Crippen molar-refractivity contribution in [2.24, 2.45) is 0 Å². The molecule has 0 radical (unpaired) electrons. The van der Waals surface area contributed by atoms with E-state index in [9.17, 15) is 8.42 Å². The van der Waals surface area contributed by atoms with Gasteiger partial charge >= 0.3 is 0 Å². The molecule has 1 aromatic carbocycles. The lowest BCUT2D eigenvalue weighted by Gasteiger charge is -2.23. The fourth-order valence-electron chi connectivity index (χ4n) is 2.55. The zero-order valence-corrected chi connectivity index (χ0v) is 13.5. The maximum atomic E-state index is 11.8. The number of anilines is 2. The van der Waals surface area contributed by atoms with E-state index >= 15 is 0 Å². The van der Waals surface area contributed by atoms with Crippen LogP contribution in [0.2, 0.25) is 0 Å². The SMILES string of the molecule is CNS(=O)(=O)c1ccc(N(C)CCN2CCCC2)cc1N. The minimum absolute atomic E-state index is 0.127. The topological polar surface area (TPSA) is 78.7 Å². The molecule has 1 aliphatic rings. The van der Waals surface area contributed by atoms with Crippen LogP contribution in [0.15, 0.2) is 23.1 Å². The molecule has 0 unspecified atom stereocenters. The Bertz CT molecular complexity index is 583. The number of rotatable bonds is 6. The van der Waals surface area contributed by atoms with Crippen LogP contribution < -0.4 is 15.4 Å². The van der Waals surface area contributed by atoms with E-state index < -0.39 is 10.0 Å². The first-order chi connectivity index (χ1) is 9.94. The summed E-state index contributed by atoms with van der Waals surface area (Å²) in [5.41, 5.74) is 7.09. The van der Waals surface area contributed by atoms with Crippen LogP contribution in [-0.2, 0) is 10.0 Å². The van der Waals surface area contributed by atoms with E-state index in [1.54, 1.807) is 18.2 Å². The number of nitrogen functional groups attached to an aromatic ring is 1. The summed E-state index contributed by atoms with van der Waals surface area (Å²) >= 11 is 0. The van der Waals surface area contributed by atoms with Crippen LogP contribution in [0.1, 0.15) is 12.8 Å². The highest BCUT2D eigenvalue weighted by molar-refractivity contribution is 7.89. The van der Waals surface area contributed by atoms with E-state index in [0.29, 0.717) is 0 Å². The van der Waals surface area contributed by atoms with Gasteiger partial charge in [0.05, 0.1) is 5.69 Å². The van der Waals surface area contributed by atoms with Gasteiger partial charge in [-0.1, -0.05) is 0 Å². The summed E-state index contributed by atoms with van der Waals surface area (Å²) in [6, 6.07) is 5.07. The van der Waals surface area contributed by atoms with Crippen LogP contribution in [0.25, 0.3) is 0 Å². The van der Waals surface area contributed by atoms with Gasteiger partial charge in [-0.05, 0) is 51.2 Å². The Morgan fingerprint density at radius 1 is 1.33 bits per heavy atom. The van der Waals surface area contributed by atoms with Crippen molar-refractivity contribution < 1.29 is 8.42 Å². The maximum absolute atomic E-state index is 11.8. The molecule has 0 spiro atoms. The molecular weight excluding hydrogens is 288 g/mol. The van der Waals surface area contributed by atoms with E-state index in [4.69, 9.17) is 5.73 Å². The standard InChI is InChI=1S/C14H24N4O2S/c1-16-21(19,20)14-6-5-12(11-13(14)15)17(2)9-10-18-7-3-4-8-18/h5-6,11,16H,3-4,7-10,15H2,1-2H3. The van der Waals surface area contributed by atoms with Gasteiger partial charge in [0.1, 0.15) is 4.90 Å². The normalized spacial score (nSPS) is 16.3. The van der Waals surface area contributed by atoms with Crippen molar-refractivity contribution >= 4 is 21.4 Å². The molecule has 0 aromatic heterocycles. The van der Waals surface area contributed by atoms with Crippen molar-refractivity contribution in [3.63, 3.8) is 0 Å². The zero-order chi connectivity index (χ0) is 15.5. The molecule has 1 aliphatic heterocycles. The van der Waals surface area contributed by atoms with Crippen molar-refractivity contribution in [1.29, 1.82) is 0 Å². The molecule has 0 saturated carbocycles. The second-order valence-electron chi connectivity index (χ2n) is 5.40. The average molecular weight is 312 g/mol. The van der Waals surface area contributed by atoms with Gasteiger partial charge in [-0.3, -0.25) is 0 Å². The number of likely N-dealkylation sites (N-methyl/N-ethyl adjacent to an activating group) is 1. The van der Waals surface area contributed by atoms with Crippen molar-refractivity contribution in [3.8, 4) is 0 Å². The predicted molar refractivity (Wildman–Crippen MR) is 86.0 cm³/mol. The largest absolute Gasteiger partial charge is 0.398 e. The quantitative estimate of drug-likeness (QED) is 0.756. The number of hydrogen-bond acceptors (Lipinski definition) is 5. The highest BCUT2D eigenvalue weighted by Gasteiger charge is 2.17. The van der Waals surface area contributed by atoms with Gasteiger partial charge < -0.3 is 15.5 Å². The molecule has 1 aromatic rings. The fraction of sp³-hybridized carbons (Fsp3) is 0.571. The minimum Gasteiger partial charge on any atom is -0.398 e. The molecule has 0 atom stereocenters. The molecule has 0 bridgehead atoms. The molecule has 3 N–H and O–H groups in total. The zero-order valence-electron chi connectivity index (χ0n) is 12.7. The molecule has 1 saturated heterocycles. The van der Waals surface area contributed by atoms with E-state index in [1.165, 1.54) is 33.0 Å². The summed E-state index contributed by atoms with van der Waals surface area (Å²) in [4.78, 5) is 4.67. The summed E-state index contributed by atoms with van der Waals surface area (Å²) in [6.45, 7) is 4.27. The highest BCUT2D eigenvalue weighted by atomic mass is 32.2. The van der Waals surface area contributed by atoms with Crippen LogP contribution in [0, 0.1) is 0 Å². The van der Waals surface area contributed by atoms with Crippen LogP contribution in [-0.4, -0.2) is 53.6 Å². The second-order valence-corrected chi connectivity index (χ2v) is 7.25. The Hall–Kier alpha value is -1.31. The first-order valence-corrected chi connectivity index (χ1v) is 8.69. The van der Waals surface area contributed by atoms with Crippen molar-refractivity contribution in [2.45, 2.75) is 17.7 Å². The maximum Gasteiger partial charge on any atom is 0.242 e. The van der Waals surface area contributed by atoms with Gasteiger partial charge in [0.2, 0.25) is 10.0 Å². The molecule has 0 aliphatic carbocycles. The van der Waals surface area contributed by atoms with Crippen molar-refractivity contribution in [3.05, 3.63) is 18.2 Å². The van der Waals surface area contributed by atoms with E-state index in [1.807, 2.05) is 7.05 Å². The van der Waals surface area contributed by atoms with Crippen molar-refractivity contribution in [2.75, 3.05) is 50.9 Å². The van der Waals surface area contributed by atoms with Gasteiger partial charge in [0.15, 0.2) is 0 Å². The summed E-state index contributed by atoms with van der Waals surface area (Å²) in [5, 5.41) is 0. The first kappa shape index (κ1) is 16.1. The Morgan fingerprint density at radius 3 is 2.57 bits per heavy atom. The molecule has 21 heavy (non-hydrogen) atoms. The van der Waals surface area contributed by atoms with Gasteiger partial charge in [0, 0.05) is 25.8 Å². The lowest BCUT2D eigenvalue weighted by molar-refractivity contribution is 0.346. The number of hydrogen-bond donors (Lipinski definition) is 2. The summed E-state index contributed by atoms with van der Waals surface area (Å²) in [5.74, 6) is 0. The Balaban J connectivity index is 2.05. The molecule has 1 heterocycles. The first-order valence-electron chi connectivity index (χ1n) is 7.20. The van der Waals surface area contributed by atoms with Gasteiger partial charge in [0.25, 0.3) is 0 Å². The van der Waals surface area contributed by atoms with E-state index in [0.717, 1.165) is 18.8 Å². The molecular formula is C14H24N4O2S. The monoisotopic (exact) mass is 312 g/mol. The van der Waals surface area contributed by atoms with Crippen molar-refractivity contribution in [1.82, 2.24) is 9.62 Å². The van der Waals surface area contributed by atoms with Crippen LogP contribution in [0.4, 0.5) is 11.4 Å². The Morgan fingerprint density at radius 2 is 2.00 bits per heavy atom. The van der Waals surface area contributed by atoms with E-state index in [-0.39, 0.29) is 10.6 Å². The number of sulfonamides is 1. The predicted octanol–water partition coefficient (Wildman–Crippen LogP) is 0.709. The van der Waals surface area contributed by atoms with E-state index in [2.05, 4.69) is 14.5 Å². The molecule has 6 nitrogen and oxygen atoms in total. The average Bonchev–Trinajstić information content (AvgIpc) is 2.97. The number of likely N-dealkylation sites (tertiary alicyclic amines) is 1. The molecule has 1 fully saturated rings. The third-order valence-electron chi connectivity index (χ3n) is 3.94. The lowest BCUT2D eigenvalue weighted by atomic mass is 10.2. The summed E-state index contributed by atoms with van der Waals surface area (Å²) < 4.78 is 25.9. The third-order valence-corrected chi connectivity index (χ3v) is 5.43.